The van der Waals surface area contributed by atoms with Crippen molar-refractivity contribution in [3.05, 3.63) is 131 Å². The van der Waals surface area contributed by atoms with E-state index < -0.39 is 0 Å². The molecule has 0 saturated carbocycles. The second-order valence-corrected chi connectivity index (χ2v) is 11.5. The lowest BCUT2D eigenvalue weighted by Crippen LogP contribution is -2.15. The summed E-state index contributed by atoms with van der Waals surface area (Å²) in [5, 5.41) is 18.8. The van der Waals surface area contributed by atoms with Crippen LogP contribution in [0.4, 0.5) is 17.1 Å². The Bertz CT molecular complexity index is 1540. The smallest absolute Gasteiger partial charge is 0.137 e. The van der Waals surface area contributed by atoms with Gasteiger partial charge < -0.3 is 9.64 Å². The average Bonchev–Trinajstić information content (AvgIpc) is 3.00. The predicted molar refractivity (Wildman–Crippen MR) is 173 cm³/mol. The van der Waals surface area contributed by atoms with Gasteiger partial charge in [0.15, 0.2) is 0 Å². The van der Waals surface area contributed by atoms with E-state index in [2.05, 4.69) is 84.6 Å². The minimum atomic E-state index is -0.273. The Morgan fingerprint density at radius 1 is 0.762 bits per heavy atom. The second-order valence-electron chi connectivity index (χ2n) is 11.5. The van der Waals surface area contributed by atoms with Gasteiger partial charge in [-0.1, -0.05) is 95.5 Å². The standard InChI is InChI=1S/C38H39N3O/c1-5-6-7-9-12-29-15-20-34(21-16-29)41(33-13-10-8-11-14-33)35-22-17-30(18-23-35)19-24-36-25-31(32(27-39)28-40)26-37(42-36)38(2,3)4/h8,10-11,13-26H,5-7,9,12H2,1-4H3/b24-19+. The Balaban J connectivity index is 1.57. The van der Waals surface area contributed by atoms with Crippen LogP contribution in [0.1, 0.15) is 64.5 Å². The monoisotopic (exact) mass is 553 g/mol. The molecule has 4 nitrogen and oxygen atoms in total. The summed E-state index contributed by atoms with van der Waals surface area (Å²) in [5.41, 5.74) is 6.04. The fraction of sp³-hybridized carbons (Fsp3) is 0.263. The lowest BCUT2D eigenvalue weighted by molar-refractivity contribution is 0.223. The molecule has 4 heteroatoms. The Kier molecular flexibility index (Phi) is 10.2. The van der Waals surface area contributed by atoms with Crippen LogP contribution in [0.5, 0.6) is 0 Å². The van der Waals surface area contributed by atoms with E-state index in [1.165, 1.54) is 31.2 Å². The molecular weight excluding hydrogens is 514 g/mol. The molecule has 0 saturated heterocycles. The zero-order valence-electron chi connectivity index (χ0n) is 25.1. The first-order valence-electron chi connectivity index (χ1n) is 14.7. The SMILES string of the molecule is CCCCCCc1ccc(N(c2ccccc2)c2ccc(/C=C/C3=CC(=C(C#N)C#N)C=C(C(C)(C)C)O3)cc2)cc1. The van der Waals surface area contributed by atoms with Gasteiger partial charge in [-0.2, -0.15) is 10.5 Å². The Hall–Kier alpha value is -4.80. The largest absolute Gasteiger partial charge is 0.461 e. The van der Waals surface area contributed by atoms with Crippen molar-refractivity contribution in [2.45, 2.75) is 59.8 Å². The van der Waals surface area contributed by atoms with E-state index in [0.717, 1.165) is 29.0 Å². The van der Waals surface area contributed by atoms with Gasteiger partial charge >= 0.3 is 0 Å². The van der Waals surface area contributed by atoms with Gasteiger partial charge in [0.1, 0.15) is 29.2 Å². The lowest BCUT2D eigenvalue weighted by atomic mass is 9.90. The highest BCUT2D eigenvalue weighted by Crippen LogP contribution is 2.36. The molecule has 42 heavy (non-hydrogen) atoms. The number of unbranched alkanes of at least 4 members (excludes halogenated alkanes) is 3. The molecule has 0 spiro atoms. The molecule has 4 rings (SSSR count). The summed E-state index contributed by atoms with van der Waals surface area (Å²) in [6.07, 6.45) is 13.6. The maximum Gasteiger partial charge on any atom is 0.137 e. The molecule has 0 fully saturated rings. The number of hydrogen-bond acceptors (Lipinski definition) is 4. The molecule has 0 N–H and O–H groups in total. The van der Waals surface area contributed by atoms with E-state index in [9.17, 15) is 10.5 Å². The van der Waals surface area contributed by atoms with Crippen LogP contribution in [0.15, 0.2) is 120 Å². The number of para-hydroxylation sites is 1. The maximum atomic E-state index is 9.41. The lowest BCUT2D eigenvalue weighted by Gasteiger charge is -2.26. The Morgan fingerprint density at radius 2 is 1.38 bits per heavy atom. The number of rotatable bonds is 10. The zero-order valence-corrected chi connectivity index (χ0v) is 25.1. The molecule has 0 aromatic heterocycles. The first-order valence-corrected chi connectivity index (χ1v) is 14.7. The van der Waals surface area contributed by atoms with Crippen LogP contribution in [-0.4, -0.2) is 0 Å². The molecule has 212 valence electrons. The van der Waals surface area contributed by atoms with Crippen LogP contribution < -0.4 is 4.90 Å². The van der Waals surface area contributed by atoms with Crippen molar-refractivity contribution in [2.24, 2.45) is 5.41 Å². The Morgan fingerprint density at radius 3 is 1.98 bits per heavy atom. The molecular formula is C38H39N3O. The van der Waals surface area contributed by atoms with Gasteiger partial charge in [-0.05, 0) is 78.6 Å². The molecule has 3 aromatic rings. The highest BCUT2D eigenvalue weighted by molar-refractivity contribution is 5.77. The predicted octanol–water partition coefficient (Wildman–Crippen LogP) is 10.5. The van der Waals surface area contributed by atoms with E-state index in [1.807, 2.05) is 51.1 Å². The quantitative estimate of drug-likeness (QED) is 0.185. The van der Waals surface area contributed by atoms with Crippen LogP contribution in [0.2, 0.25) is 0 Å². The highest BCUT2D eigenvalue weighted by Gasteiger charge is 2.24. The van der Waals surface area contributed by atoms with Gasteiger partial charge in [-0.15, -0.1) is 0 Å². The summed E-state index contributed by atoms with van der Waals surface area (Å²) < 4.78 is 6.14. The average molecular weight is 554 g/mol. The molecule has 3 aromatic carbocycles. The fourth-order valence-corrected chi connectivity index (χ4v) is 4.78. The number of allylic oxidation sites excluding steroid dienone is 6. The molecule has 0 aliphatic carbocycles. The molecule has 1 aliphatic rings. The van der Waals surface area contributed by atoms with Crippen LogP contribution in [-0.2, 0) is 11.2 Å². The second kappa shape index (κ2) is 14.2. The van der Waals surface area contributed by atoms with Gasteiger partial charge in [0, 0.05) is 28.1 Å². The van der Waals surface area contributed by atoms with Crippen molar-refractivity contribution in [1.82, 2.24) is 0 Å². The van der Waals surface area contributed by atoms with E-state index in [0.29, 0.717) is 17.1 Å². The molecule has 1 aliphatic heterocycles. The number of nitrogens with zero attached hydrogens (tertiary/aromatic N) is 3. The molecule has 0 atom stereocenters. The summed E-state index contributed by atoms with van der Waals surface area (Å²) in [6, 6.07) is 31.7. The summed E-state index contributed by atoms with van der Waals surface area (Å²) in [6.45, 7) is 8.37. The molecule has 1 heterocycles. The van der Waals surface area contributed by atoms with Crippen molar-refractivity contribution in [1.29, 1.82) is 10.5 Å². The number of benzene rings is 3. The van der Waals surface area contributed by atoms with Crippen LogP contribution >= 0.6 is 0 Å². The summed E-state index contributed by atoms with van der Waals surface area (Å²) >= 11 is 0. The van der Waals surface area contributed by atoms with Crippen molar-refractivity contribution in [3.8, 4) is 12.1 Å². The number of ether oxygens (including phenoxy) is 1. The maximum absolute atomic E-state index is 9.41. The number of anilines is 3. The molecule has 0 radical (unpaired) electrons. The van der Waals surface area contributed by atoms with Gasteiger partial charge in [-0.3, -0.25) is 0 Å². The van der Waals surface area contributed by atoms with E-state index in [-0.39, 0.29) is 11.0 Å². The topological polar surface area (TPSA) is 60.0 Å². The Labute approximate surface area is 251 Å². The minimum Gasteiger partial charge on any atom is -0.461 e. The first-order chi connectivity index (χ1) is 20.3. The normalized spacial score (nSPS) is 13.0. The van der Waals surface area contributed by atoms with E-state index in [1.54, 1.807) is 12.2 Å². The first kappa shape index (κ1) is 30.2. The van der Waals surface area contributed by atoms with Crippen molar-refractivity contribution in [2.75, 3.05) is 4.90 Å². The van der Waals surface area contributed by atoms with Gasteiger partial charge in [0.05, 0.1) is 0 Å². The summed E-state index contributed by atoms with van der Waals surface area (Å²) in [5.74, 6) is 1.30. The third-order valence-electron chi connectivity index (χ3n) is 7.18. The van der Waals surface area contributed by atoms with E-state index in [4.69, 9.17) is 4.74 Å². The summed E-state index contributed by atoms with van der Waals surface area (Å²) in [7, 11) is 0. The minimum absolute atomic E-state index is 0.0702. The third-order valence-corrected chi connectivity index (χ3v) is 7.18. The van der Waals surface area contributed by atoms with Gasteiger partial charge in [-0.25, -0.2) is 0 Å². The molecule has 0 bridgehead atoms. The number of aryl methyl sites for hydroxylation is 1. The van der Waals surface area contributed by atoms with Crippen LogP contribution in [0.3, 0.4) is 0 Å². The fourth-order valence-electron chi connectivity index (χ4n) is 4.78. The van der Waals surface area contributed by atoms with E-state index >= 15 is 0 Å². The molecule has 0 amide bonds. The summed E-state index contributed by atoms with van der Waals surface area (Å²) in [4.78, 5) is 2.27. The van der Waals surface area contributed by atoms with Crippen molar-refractivity contribution >= 4 is 23.1 Å². The van der Waals surface area contributed by atoms with Gasteiger partial charge in [0.25, 0.3) is 0 Å². The zero-order chi connectivity index (χ0) is 30.0. The third kappa shape index (κ3) is 7.90. The van der Waals surface area contributed by atoms with Crippen LogP contribution in [0, 0.1) is 28.1 Å². The number of hydrogen-bond donors (Lipinski definition) is 0. The van der Waals surface area contributed by atoms with Crippen LogP contribution in [0.25, 0.3) is 6.08 Å². The van der Waals surface area contributed by atoms with Crippen molar-refractivity contribution in [3.63, 3.8) is 0 Å². The van der Waals surface area contributed by atoms with Gasteiger partial charge in [0.2, 0.25) is 0 Å². The molecule has 0 unspecified atom stereocenters. The number of nitriles is 2. The van der Waals surface area contributed by atoms with Crippen molar-refractivity contribution < 1.29 is 4.74 Å². The highest BCUT2D eigenvalue weighted by atomic mass is 16.5.